The Morgan fingerprint density at radius 1 is 1.28 bits per heavy atom. The average Bonchev–Trinajstić information content (AvgIpc) is 3.11. The van der Waals surface area contributed by atoms with Gasteiger partial charge in [0, 0.05) is 12.2 Å². The van der Waals surface area contributed by atoms with Crippen molar-refractivity contribution in [2.75, 3.05) is 19.0 Å². The van der Waals surface area contributed by atoms with Gasteiger partial charge in [-0.1, -0.05) is 18.2 Å². The molecule has 1 aliphatic rings. The van der Waals surface area contributed by atoms with Crippen LogP contribution < -0.4 is 10.1 Å². The third kappa shape index (κ3) is 3.98. The van der Waals surface area contributed by atoms with E-state index in [4.69, 9.17) is 4.74 Å². The standard InChI is InChI=1S/C20H21N3O2/c1-25-18-10-8-17(9-11-18)22-20(24)19-7-4-12-23(19)14-16-6-3-2-5-15(16)13-21/h2-3,5-6,8-11,19H,4,7,12,14H2,1H3,(H,22,24)/t19-/m1/s1. The van der Waals surface area contributed by atoms with E-state index in [1.54, 1.807) is 7.11 Å². The number of likely N-dealkylation sites (tertiary alicyclic amines) is 1. The molecule has 25 heavy (non-hydrogen) atoms. The van der Waals surface area contributed by atoms with Crippen molar-refractivity contribution >= 4 is 11.6 Å². The van der Waals surface area contributed by atoms with Crippen molar-refractivity contribution in [2.24, 2.45) is 0 Å². The summed E-state index contributed by atoms with van der Waals surface area (Å²) in [6.07, 6.45) is 1.81. The largest absolute Gasteiger partial charge is 0.497 e. The first-order valence-corrected chi connectivity index (χ1v) is 8.38. The highest BCUT2D eigenvalue weighted by atomic mass is 16.5. The lowest BCUT2D eigenvalue weighted by atomic mass is 10.1. The topological polar surface area (TPSA) is 65.4 Å². The summed E-state index contributed by atoms with van der Waals surface area (Å²) in [5.74, 6) is 0.755. The highest BCUT2D eigenvalue weighted by molar-refractivity contribution is 5.95. The van der Waals surface area contributed by atoms with Crippen molar-refractivity contribution in [3.05, 3.63) is 59.7 Å². The van der Waals surface area contributed by atoms with Crippen LogP contribution in [0.1, 0.15) is 24.0 Å². The fourth-order valence-electron chi connectivity index (χ4n) is 3.20. The van der Waals surface area contributed by atoms with E-state index < -0.39 is 0 Å². The fourth-order valence-corrected chi connectivity index (χ4v) is 3.20. The maximum Gasteiger partial charge on any atom is 0.241 e. The molecular weight excluding hydrogens is 314 g/mol. The van der Waals surface area contributed by atoms with Gasteiger partial charge >= 0.3 is 0 Å². The first kappa shape index (κ1) is 17.0. The molecular formula is C20H21N3O2. The van der Waals surface area contributed by atoms with Crippen LogP contribution >= 0.6 is 0 Å². The van der Waals surface area contributed by atoms with Crippen LogP contribution in [0, 0.1) is 11.3 Å². The van der Waals surface area contributed by atoms with Gasteiger partial charge < -0.3 is 10.1 Å². The summed E-state index contributed by atoms with van der Waals surface area (Å²) >= 11 is 0. The number of nitrogens with one attached hydrogen (secondary N) is 1. The molecule has 5 heteroatoms. The molecule has 1 atom stereocenters. The minimum atomic E-state index is -0.172. The number of benzene rings is 2. The van der Waals surface area contributed by atoms with Crippen LogP contribution in [0.15, 0.2) is 48.5 Å². The number of nitrogens with zero attached hydrogens (tertiary/aromatic N) is 2. The predicted molar refractivity (Wildman–Crippen MR) is 96.2 cm³/mol. The number of nitriles is 1. The second-order valence-corrected chi connectivity index (χ2v) is 6.12. The molecule has 2 aromatic carbocycles. The normalized spacial score (nSPS) is 17.0. The van der Waals surface area contributed by atoms with Gasteiger partial charge in [0.2, 0.25) is 5.91 Å². The van der Waals surface area contributed by atoms with E-state index in [0.29, 0.717) is 12.1 Å². The minimum absolute atomic E-state index is 0.00268. The average molecular weight is 335 g/mol. The van der Waals surface area contributed by atoms with Gasteiger partial charge in [-0.15, -0.1) is 0 Å². The van der Waals surface area contributed by atoms with Gasteiger partial charge in [0.05, 0.1) is 24.8 Å². The van der Waals surface area contributed by atoms with Crippen LogP contribution in [-0.4, -0.2) is 30.5 Å². The highest BCUT2D eigenvalue weighted by Crippen LogP contribution is 2.23. The maximum atomic E-state index is 12.7. The molecule has 1 fully saturated rings. The molecule has 0 radical (unpaired) electrons. The van der Waals surface area contributed by atoms with E-state index in [9.17, 15) is 10.1 Å². The molecule has 128 valence electrons. The smallest absolute Gasteiger partial charge is 0.241 e. The number of rotatable bonds is 5. The summed E-state index contributed by atoms with van der Waals surface area (Å²) in [6, 6.07) is 16.9. The van der Waals surface area contributed by atoms with E-state index >= 15 is 0 Å². The molecule has 0 saturated carbocycles. The highest BCUT2D eigenvalue weighted by Gasteiger charge is 2.31. The molecule has 5 nitrogen and oxygen atoms in total. The zero-order chi connectivity index (χ0) is 17.6. The van der Waals surface area contributed by atoms with Gasteiger partial charge in [0.25, 0.3) is 0 Å². The molecule has 1 aliphatic heterocycles. The first-order valence-electron chi connectivity index (χ1n) is 8.38. The van der Waals surface area contributed by atoms with Gasteiger partial charge in [0.1, 0.15) is 5.75 Å². The fraction of sp³-hybridized carbons (Fsp3) is 0.300. The predicted octanol–water partition coefficient (Wildman–Crippen LogP) is 3.17. The maximum absolute atomic E-state index is 12.7. The van der Waals surface area contributed by atoms with Crippen molar-refractivity contribution in [3.63, 3.8) is 0 Å². The van der Waals surface area contributed by atoms with Crippen LogP contribution in [0.4, 0.5) is 5.69 Å². The quantitative estimate of drug-likeness (QED) is 0.911. The Hall–Kier alpha value is -2.84. The number of hydrogen-bond acceptors (Lipinski definition) is 4. The van der Waals surface area contributed by atoms with Crippen molar-refractivity contribution in [1.82, 2.24) is 4.90 Å². The lowest BCUT2D eigenvalue weighted by molar-refractivity contribution is -0.120. The zero-order valence-corrected chi connectivity index (χ0v) is 14.2. The SMILES string of the molecule is COc1ccc(NC(=O)[C@H]2CCCN2Cc2ccccc2C#N)cc1. The van der Waals surface area contributed by atoms with Crippen molar-refractivity contribution in [2.45, 2.75) is 25.4 Å². The van der Waals surface area contributed by atoms with Gasteiger partial charge in [-0.3, -0.25) is 9.69 Å². The number of carbonyl (C=O) groups excluding carboxylic acids is 1. The molecule has 1 amide bonds. The van der Waals surface area contributed by atoms with Crippen LogP contribution in [0.2, 0.25) is 0 Å². The number of anilines is 1. The summed E-state index contributed by atoms with van der Waals surface area (Å²) in [4.78, 5) is 14.8. The number of amides is 1. The molecule has 0 bridgehead atoms. The van der Waals surface area contributed by atoms with E-state index in [2.05, 4.69) is 16.3 Å². The summed E-state index contributed by atoms with van der Waals surface area (Å²) in [5, 5.41) is 12.2. The second-order valence-electron chi connectivity index (χ2n) is 6.12. The molecule has 3 rings (SSSR count). The Balaban J connectivity index is 1.68. The van der Waals surface area contributed by atoms with Crippen LogP contribution in [0.3, 0.4) is 0 Å². The second kappa shape index (κ2) is 7.82. The Kier molecular flexibility index (Phi) is 5.32. The molecule has 0 unspecified atom stereocenters. The summed E-state index contributed by atoms with van der Waals surface area (Å²) in [7, 11) is 1.61. The van der Waals surface area contributed by atoms with Crippen LogP contribution in [-0.2, 0) is 11.3 Å². The molecule has 0 spiro atoms. The molecule has 2 aromatic rings. The van der Waals surface area contributed by atoms with Gasteiger partial charge in [-0.2, -0.15) is 5.26 Å². The van der Waals surface area contributed by atoms with E-state index in [0.717, 1.165) is 36.4 Å². The molecule has 1 N–H and O–H groups in total. The number of hydrogen-bond donors (Lipinski definition) is 1. The third-order valence-electron chi connectivity index (χ3n) is 4.54. The van der Waals surface area contributed by atoms with Gasteiger partial charge in [-0.05, 0) is 55.3 Å². The van der Waals surface area contributed by atoms with E-state index in [1.807, 2.05) is 48.5 Å². The molecule has 0 aliphatic carbocycles. The zero-order valence-electron chi connectivity index (χ0n) is 14.2. The lowest BCUT2D eigenvalue weighted by Crippen LogP contribution is -2.39. The monoisotopic (exact) mass is 335 g/mol. The summed E-state index contributed by atoms with van der Waals surface area (Å²) in [6.45, 7) is 1.48. The van der Waals surface area contributed by atoms with Gasteiger partial charge in [-0.25, -0.2) is 0 Å². The first-order chi connectivity index (χ1) is 12.2. The van der Waals surface area contributed by atoms with Crippen molar-refractivity contribution < 1.29 is 9.53 Å². The summed E-state index contributed by atoms with van der Waals surface area (Å²) < 4.78 is 5.13. The van der Waals surface area contributed by atoms with E-state index in [1.165, 1.54) is 0 Å². The Bertz CT molecular complexity index is 780. The lowest BCUT2D eigenvalue weighted by Gasteiger charge is -2.24. The number of methoxy groups -OCH3 is 1. The number of carbonyl (C=O) groups is 1. The Labute approximate surface area is 147 Å². The van der Waals surface area contributed by atoms with Crippen molar-refractivity contribution in [1.29, 1.82) is 5.26 Å². The van der Waals surface area contributed by atoms with Crippen LogP contribution in [0.25, 0.3) is 0 Å². The molecule has 1 saturated heterocycles. The van der Waals surface area contributed by atoms with E-state index in [-0.39, 0.29) is 11.9 Å². The summed E-state index contributed by atoms with van der Waals surface area (Å²) in [5.41, 5.74) is 2.40. The Morgan fingerprint density at radius 3 is 2.76 bits per heavy atom. The molecule has 0 aromatic heterocycles. The van der Waals surface area contributed by atoms with Gasteiger partial charge in [0.15, 0.2) is 0 Å². The molecule has 1 heterocycles. The Morgan fingerprint density at radius 2 is 2.04 bits per heavy atom. The van der Waals surface area contributed by atoms with Crippen molar-refractivity contribution in [3.8, 4) is 11.8 Å². The third-order valence-corrected chi connectivity index (χ3v) is 4.54. The van der Waals surface area contributed by atoms with Crippen LogP contribution in [0.5, 0.6) is 5.75 Å². The minimum Gasteiger partial charge on any atom is -0.497 e. The number of ether oxygens (including phenoxy) is 1.